The van der Waals surface area contributed by atoms with E-state index in [-0.39, 0.29) is 12.0 Å². The van der Waals surface area contributed by atoms with E-state index >= 15 is 0 Å². The summed E-state index contributed by atoms with van der Waals surface area (Å²) in [5, 5.41) is 18.9. The quantitative estimate of drug-likeness (QED) is 0.882. The molecule has 2 saturated carbocycles. The first-order valence-electron chi connectivity index (χ1n) is 8.34. The average molecular weight is 330 g/mol. The zero-order valence-corrected chi connectivity index (χ0v) is 13.8. The van der Waals surface area contributed by atoms with Crippen LogP contribution in [0.1, 0.15) is 60.8 Å². The molecule has 1 aromatic carbocycles. The topological polar surface area (TPSA) is 58.9 Å². The Bertz CT molecular complexity index is 709. The molecule has 0 aliphatic heterocycles. The van der Waals surface area contributed by atoms with Gasteiger partial charge >= 0.3 is 0 Å². The maximum atomic E-state index is 9.14. The molecular weight excluding hydrogens is 310 g/mol. The van der Waals surface area contributed by atoms with E-state index in [1.165, 1.54) is 18.4 Å². The fraction of sp³-hybridized carbons (Fsp3) is 0.500. The zero-order valence-electron chi connectivity index (χ0n) is 13.0. The van der Waals surface area contributed by atoms with E-state index in [9.17, 15) is 0 Å². The third-order valence-corrected chi connectivity index (χ3v) is 5.15. The van der Waals surface area contributed by atoms with E-state index in [2.05, 4.69) is 22.3 Å². The van der Waals surface area contributed by atoms with Crippen LogP contribution in [0.4, 0.5) is 0 Å². The molecule has 2 aliphatic rings. The Morgan fingerprint density at radius 3 is 2.48 bits per heavy atom. The van der Waals surface area contributed by atoms with Crippen molar-refractivity contribution in [2.75, 3.05) is 6.61 Å². The lowest BCUT2D eigenvalue weighted by atomic mass is 9.95. The second-order valence-corrected chi connectivity index (χ2v) is 7.09. The van der Waals surface area contributed by atoms with Crippen LogP contribution < -0.4 is 0 Å². The lowest BCUT2D eigenvalue weighted by Crippen LogP contribution is -2.17. The summed E-state index contributed by atoms with van der Waals surface area (Å²) in [5.41, 5.74) is 3.21. The highest BCUT2D eigenvalue weighted by Crippen LogP contribution is 2.52. The molecular formula is C18H20ClN3O. The molecule has 23 heavy (non-hydrogen) atoms. The molecule has 0 amide bonds. The summed E-state index contributed by atoms with van der Waals surface area (Å²) in [5.74, 6) is 1.36. The summed E-state index contributed by atoms with van der Waals surface area (Å²) in [6.07, 6.45) is 5.98. The van der Waals surface area contributed by atoms with Gasteiger partial charge in [-0.3, -0.25) is 0 Å². The van der Waals surface area contributed by atoms with Crippen molar-refractivity contribution >= 4 is 11.6 Å². The molecule has 0 unspecified atom stereocenters. The van der Waals surface area contributed by atoms with Gasteiger partial charge in [0.2, 0.25) is 0 Å². The molecule has 2 fully saturated rings. The highest BCUT2D eigenvalue weighted by Gasteiger charge is 2.49. The third-order valence-electron chi connectivity index (χ3n) is 4.90. The Labute approximate surface area is 140 Å². The second kappa shape index (κ2) is 5.84. The van der Waals surface area contributed by atoms with Crippen LogP contribution in [0, 0.1) is 0 Å². The van der Waals surface area contributed by atoms with Gasteiger partial charge in [-0.05, 0) is 56.2 Å². The first-order chi connectivity index (χ1) is 11.2. The Kier molecular flexibility index (Phi) is 3.82. The number of hydrogen-bond donors (Lipinski definition) is 1. The number of halogens is 1. The fourth-order valence-corrected chi connectivity index (χ4v) is 3.33. The van der Waals surface area contributed by atoms with Gasteiger partial charge in [0, 0.05) is 17.5 Å². The molecule has 1 heterocycles. The average Bonchev–Trinajstić information content (AvgIpc) is 3.47. The van der Waals surface area contributed by atoms with E-state index in [1.807, 2.05) is 12.1 Å². The van der Waals surface area contributed by atoms with Crippen LogP contribution in [0.3, 0.4) is 0 Å². The van der Waals surface area contributed by atoms with Gasteiger partial charge in [-0.2, -0.15) is 5.10 Å². The molecule has 120 valence electrons. The lowest BCUT2D eigenvalue weighted by molar-refractivity contribution is 0.287. The Morgan fingerprint density at radius 2 is 1.87 bits per heavy atom. The van der Waals surface area contributed by atoms with Crippen molar-refractivity contribution in [1.82, 2.24) is 15.2 Å². The van der Waals surface area contributed by atoms with Crippen LogP contribution in [0.2, 0.25) is 5.02 Å². The molecule has 1 aromatic heterocycles. The number of aryl methyl sites for hydroxylation is 1. The highest BCUT2D eigenvalue weighted by atomic mass is 35.5. The van der Waals surface area contributed by atoms with Gasteiger partial charge in [-0.15, -0.1) is 5.10 Å². The Morgan fingerprint density at radius 1 is 1.13 bits per heavy atom. The number of rotatable bonds is 6. The van der Waals surface area contributed by atoms with Crippen molar-refractivity contribution < 1.29 is 5.11 Å². The van der Waals surface area contributed by atoms with Gasteiger partial charge in [-0.1, -0.05) is 23.7 Å². The van der Waals surface area contributed by atoms with Crippen LogP contribution in [0.25, 0.3) is 0 Å². The van der Waals surface area contributed by atoms with Crippen molar-refractivity contribution in [3.05, 3.63) is 52.1 Å². The number of aliphatic hydroxyl groups is 1. The molecule has 1 N–H and O–H groups in total. The first kappa shape index (κ1) is 15.0. The van der Waals surface area contributed by atoms with Crippen LogP contribution in [0.5, 0.6) is 0 Å². The molecule has 2 aliphatic carbocycles. The van der Waals surface area contributed by atoms with Crippen LogP contribution in [-0.4, -0.2) is 26.9 Å². The van der Waals surface area contributed by atoms with Crippen molar-refractivity contribution in [1.29, 1.82) is 0 Å². The van der Waals surface area contributed by atoms with Gasteiger partial charge in [0.15, 0.2) is 5.82 Å². The maximum absolute atomic E-state index is 9.14. The predicted octanol–water partition coefficient (Wildman–Crippen LogP) is 3.41. The Hall–Kier alpha value is -1.52. The van der Waals surface area contributed by atoms with Gasteiger partial charge in [0.25, 0.3) is 0 Å². The van der Waals surface area contributed by atoms with Crippen molar-refractivity contribution in [3.8, 4) is 0 Å². The van der Waals surface area contributed by atoms with Gasteiger partial charge in [0.1, 0.15) is 0 Å². The summed E-state index contributed by atoms with van der Waals surface area (Å²) in [6.45, 7) is 0.186. The van der Waals surface area contributed by atoms with Gasteiger partial charge in [-0.25, -0.2) is 4.98 Å². The molecule has 2 aromatic rings. The molecule has 0 saturated heterocycles. The molecule has 0 atom stereocenters. The molecule has 4 rings (SSSR count). The number of aromatic nitrogens is 3. The minimum absolute atomic E-state index is 0.0896. The fourth-order valence-electron chi connectivity index (χ4n) is 3.21. The minimum atomic E-state index is -0.0896. The largest absolute Gasteiger partial charge is 0.396 e. The number of aliphatic hydroxyl groups excluding tert-OH is 1. The molecule has 0 radical (unpaired) electrons. The van der Waals surface area contributed by atoms with Gasteiger partial charge < -0.3 is 5.11 Å². The molecule has 5 heteroatoms. The number of hydrogen-bond acceptors (Lipinski definition) is 4. The standard InChI is InChI=1S/C18H20ClN3O/c19-14-7-5-13(6-8-14)18(9-10-18)17-20-15(2-1-11-23)16(21-22-17)12-3-4-12/h5-8,12,23H,1-4,9-11H2. The predicted molar refractivity (Wildman–Crippen MR) is 88.7 cm³/mol. The van der Waals surface area contributed by atoms with Crippen molar-refractivity contribution in [2.45, 2.75) is 49.9 Å². The normalized spacial score (nSPS) is 18.9. The van der Waals surface area contributed by atoms with E-state index in [0.717, 1.165) is 47.9 Å². The summed E-state index contributed by atoms with van der Waals surface area (Å²) >= 11 is 6.01. The summed E-state index contributed by atoms with van der Waals surface area (Å²) in [7, 11) is 0. The molecule has 4 nitrogen and oxygen atoms in total. The van der Waals surface area contributed by atoms with Crippen molar-refractivity contribution in [2.24, 2.45) is 0 Å². The first-order valence-corrected chi connectivity index (χ1v) is 8.71. The monoisotopic (exact) mass is 329 g/mol. The van der Waals surface area contributed by atoms with Crippen LogP contribution >= 0.6 is 11.6 Å². The van der Waals surface area contributed by atoms with Crippen LogP contribution in [-0.2, 0) is 11.8 Å². The second-order valence-electron chi connectivity index (χ2n) is 6.66. The summed E-state index contributed by atoms with van der Waals surface area (Å²) in [6, 6.07) is 7.99. The zero-order chi connectivity index (χ0) is 15.9. The van der Waals surface area contributed by atoms with Crippen LogP contribution in [0.15, 0.2) is 24.3 Å². The van der Waals surface area contributed by atoms with E-state index < -0.39 is 0 Å². The summed E-state index contributed by atoms with van der Waals surface area (Å²) in [4.78, 5) is 4.89. The van der Waals surface area contributed by atoms with Crippen molar-refractivity contribution in [3.63, 3.8) is 0 Å². The van der Waals surface area contributed by atoms with Gasteiger partial charge in [0.05, 0.1) is 16.8 Å². The summed E-state index contributed by atoms with van der Waals surface area (Å²) < 4.78 is 0. The maximum Gasteiger partial charge on any atom is 0.161 e. The highest BCUT2D eigenvalue weighted by molar-refractivity contribution is 6.30. The smallest absolute Gasteiger partial charge is 0.161 e. The minimum Gasteiger partial charge on any atom is -0.396 e. The SMILES string of the molecule is OCCCc1nc(C2(c3ccc(Cl)cc3)CC2)nnc1C1CC1. The van der Waals surface area contributed by atoms with E-state index in [4.69, 9.17) is 21.7 Å². The number of nitrogens with zero attached hydrogens (tertiary/aromatic N) is 3. The van der Waals surface area contributed by atoms with E-state index in [0.29, 0.717) is 5.92 Å². The van der Waals surface area contributed by atoms with E-state index in [1.54, 1.807) is 0 Å². The molecule has 0 spiro atoms. The number of benzene rings is 1. The Balaban J connectivity index is 1.69. The third kappa shape index (κ3) is 2.86. The molecule has 0 bridgehead atoms. The lowest BCUT2D eigenvalue weighted by Gasteiger charge is -2.16.